The van der Waals surface area contributed by atoms with Gasteiger partial charge < -0.3 is 15.2 Å². The van der Waals surface area contributed by atoms with Crippen LogP contribution >= 0.6 is 0 Å². The average molecular weight is 377 g/mol. The Bertz CT molecular complexity index is 971. The highest BCUT2D eigenvalue weighted by molar-refractivity contribution is 5.93. The Labute approximate surface area is 163 Å². The van der Waals surface area contributed by atoms with E-state index in [0.717, 1.165) is 42.7 Å². The summed E-state index contributed by atoms with van der Waals surface area (Å²) in [6.07, 6.45) is 4.80. The molecular formula is C22H23N3O3. The molecule has 1 aromatic heterocycles. The number of carboxylic acid groups (broad SMARTS) is 1. The number of nitrogens with one attached hydrogen (secondary N) is 1. The lowest BCUT2D eigenvalue weighted by Gasteiger charge is -2.18. The summed E-state index contributed by atoms with van der Waals surface area (Å²) in [5.41, 5.74) is 2.27. The van der Waals surface area contributed by atoms with Gasteiger partial charge in [0.05, 0.1) is 0 Å². The summed E-state index contributed by atoms with van der Waals surface area (Å²) in [7, 11) is 0. The Balaban J connectivity index is 1.37. The molecule has 1 fully saturated rings. The maximum Gasteiger partial charge on any atom is 0.341 e. The Kier molecular flexibility index (Phi) is 5.39. The molecule has 1 aliphatic heterocycles. The van der Waals surface area contributed by atoms with Crippen LogP contribution in [-0.4, -0.2) is 46.7 Å². The van der Waals surface area contributed by atoms with Gasteiger partial charge in [-0.2, -0.15) is 0 Å². The molecule has 1 atom stereocenters. The highest BCUT2D eigenvalue weighted by atomic mass is 16.5. The summed E-state index contributed by atoms with van der Waals surface area (Å²) in [4.78, 5) is 17.3. The predicted molar refractivity (Wildman–Crippen MR) is 109 cm³/mol. The Morgan fingerprint density at radius 3 is 3.04 bits per heavy atom. The number of nitrogens with zero attached hydrogens (tertiary/aromatic N) is 2. The van der Waals surface area contributed by atoms with Crippen LogP contribution in [-0.2, 0) is 11.3 Å². The van der Waals surface area contributed by atoms with E-state index in [0.29, 0.717) is 11.8 Å². The van der Waals surface area contributed by atoms with E-state index in [9.17, 15) is 4.79 Å². The third-order valence-corrected chi connectivity index (χ3v) is 4.98. The molecule has 1 aliphatic rings. The van der Waals surface area contributed by atoms with Crippen LogP contribution in [0.15, 0.2) is 60.9 Å². The van der Waals surface area contributed by atoms with Crippen molar-refractivity contribution in [2.45, 2.75) is 19.0 Å². The number of carboxylic acids is 1. The zero-order valence-electron chi connectivity index (χ0n) is 15.5. The molecule has 6 heteroatoms. The maximum atomic E-state index is 10.7. The first-order valence-corrected chi connectivity index (χ1v) is 9.42. The number of rotatable bonds is 7. The molecule has 0 amide bonds. The molecule has 1 saturated heterocycles. The number of hydrogen-bond donors (Lipinski definition) is 2. The predicted octanol–water partition coefficient (Wildman–Crippen LogP) is 3.38. The van der Waals surface area contributed by atoms with E-state index in [2.05, 4.69) is 33.4 Å². The van der Waals surface area contributed by atoms with Gasteiger partial charge >= 0.3 is 5.97 Å². The van der Waals surface area contributed by atoms with Crippen LogP contribution in [0.3, 0.4) is 0 Å². The van der Waals surface area contributed by atoms with Crippen molar-refractivity contribution in [3.8, 4) is 5.75 Å². The van der Waals surface area contributed by atoms with Crippen molar-refractivity contribution in [2.24, 2.45) is 0 Å². The fourth-order valence-corrected chi connectivity index (χ4v) is 3.70. The van der Waals surface area contributed by atoms with Gasteiger partial charge in [0.15, 0.2) is 6.61 Å². The molecule has 2 N–H and O–H groups in total. The van der Waals surface area contributed by atoms with Crippen LogP contribution in [0, 0.1) is 0 Å². The van der Waals surface area contributed by atoms with Crippen molar-refractivity contribution in [1.82, 2.24) is 9.88 Å². The quantitative estimate of drug-likeness (QED) is 0.657. The number of benzene rings is 2. The minimum atomic E-state index is -0.969. The van der Waals surface area contributed by atoms with E-state index in [1.165, 1.54) is 5.39 Å². The van der Waals surface area contributed by atoms with Gasteiger partial charge in [0.1, 0.15) is 5.75 Å². The number of carbonyl (C=O) groups is 1. The molecule has 2 aromatic carbocycles. The number of likely N-dealkylation sites (tertiary alicyclic amines) is 1. The molecule has 144 valence electrons. The van der Waals surface area contributed by atoms with E-state index in [-0.39, 0.29) is 6.61 Å². The van der Waals surface area contributed by atoms with Crippen molar-refractivity contribution in [3.05, 3.63) is 66.5 Å². The van der Waals surface area contributed by atoms with Crippen LogP contribution < -0.4 is 10.1 Å². The van der Waals surface area contributed by atoms with Crippen molar-refractivity contribution >= 4 is 22.4 Å². The van der Waals surface area contributed by atoms with Crippen LogP contribution in [0.25, 0.3) is 10.8 Å². The normalized spacial score (nSPS) is 16.9. The van der Waals surface area contributed by atoms with E-state index in [1.807, 2.05) is 36.7 Å². The Hall–Kier alpha value is -3.12. The number of fused-ring (bicyclic) bond motifs is 1. The summed E-state index contributed by atoms with van der Waals surface area (Å²) in [5, 5.41) is 14.8. The maximum absolute atomic E-state index is 10.7. The van der Waals surface area contributed by atoms with Crippen molar-refractivity contribution in [2.75, 3.05) is 25.0 Å². The topological polar surface area (TPSA) is 74.7 Å². The smallest absolute Gasteiger partial charge is 0.341 e. The van der Waals surface area contributed by atoms with E-state index >= 15 is 0 Å². The zero-order chi connectivity index (χ0) is 19.3. The van der Waals surface area contributed by atoms with Gasteiger partial charge in [0.2, 0.25) is 0 Å². The molecule has 0 bridgehead atoms. The molecule has 0 aliphatic carbocycles. The molecule has 0 radical (unpaired) electrons. The second-order valence-electron chi connectivity index (χ2n) is 7.10. The summed E-state index contributed by atoms with van der Waals surface area (Å²) in [5.74, 6) is -0.374. The second-order valence-corrected chi connectivity index (χ2v) is 7.10. The summed E-state index contributed by atoms with van der Waals surface area (Å²) in [6.45, 7) is 2.48. The van der Waals surface area contributed by atoms with Crippen molar-refractivity contribution in [3.63, 3.8) is 0 Å². The van der Waals surface area contributed by atoms with Crippen LogP contribution in [0.4, 0.5) is 5.69 Å². The fourth-order valence-electron chi connectivity index (χ4n) is 3.70. The molecule has 0 unspecified atom stereocenters. The van der Waals surface area contributed by atoms with Crippen molar-refractivity contribution in [1.29, 1.82) is 0 Å². The number of pyridine rings is 1. The Morgan fingerprint density at radius 1 is 1.25 bits per heavy atom. The lowest BCUT2D eigenvalue weighted by molar-refractivity contribution is -0.139. The van der Waals surface area contributed by atoms with Crippen LogP contribution in [0.1, 0.15) is 12.0 Å². The number of aromatic nitrogens is 1. The molecule has 28 heavy (non-hydrogen) atoms. The first kappa shape index (κ1) is 18.3. The van der Waals surface area contributed by atoms with Gasteiger partial charge in [-0.05, 0) is 36.2 Å². The Morgan fingerprint density at radius 2 is 2.14 bits per heavy atom. The van der Waals surface area contributed by atoms with E-state index in [1.54, 1.807) is 6.07 Å². The van der Waals surface area contributed by atoms with Gasteiger partial charge in [0.25, 0.3) is 0 Å². The first-order chi connectivity index (χ1) is 13.7. The van der Waals surface area contributed by atoms with Gasteiger partial charge in [-0.25, -0.2) is 4.79 Å². The lowest BCUT2D eigenvalue weighted by atomic mass is 10.1. The minimum Gasteiger partial charge on any atom is -0.482 e. The highest BCUT2D eigenvalue weighted by Gasteiger charge is 2.22. The average Bonchev–Trinajstić information content (AvgIpc) is 3.14. The molecule has 2 heterocycles. The summed E-state index contributed by atoms with van der Waals surface area (Å²) in [6, 6.07) is 16.4. The second kappa shape index (κ2) is 8.27. The van der Waals surface area contributed by atoms with E-state index < -0.39 is 5.97 Å². The number of ether oxygens (including phenoxy) is 1. The molecule has 3 aromatic rings. The standard InChI is InChI=1S/C22H23N3O3/c26-22(27)15-28-19-5-1-3-16(11-19)13-25-10-8-18(14-25)24-21-6-2-4-17-12-23-9-7-20(17)21/h1-7,9,11-12,18,24H,8,10,13-15H2,(H,26,27)/t18-/m1/s1. The van der Waals surface area contributed by atoms with Gasteiger partial charge in [0, 0.05) is 54.5 Å². The first-order valence-electron chi connectivity index (χ1n) is 9.42. The van der Waals surface area contributed by atoms with Gasteiger partial charge in [-0.3, -0.25) is 9.88 Å². The summed E-state index contributed by atoms with van der Waals surface area (Å²) >= 11 is 0. The third kappa shape index (κ3) is 4.40. The van der Waals surface area contributed by atoms with Crippen LogP contribution in [0.2, 0.25) is 0 Å². The zero-order valence-corrected chi connectivity index (χ0v) is 15.5. The summed E-state index contributed by atoms with van der Waals surface area (Å²) < 4.78 is 5.28. The fraction of sp³-hybridized carbons (Fsp3) is 0.273. The molecular weight excluding hydrogens is 354 g/mol. The SMILES string of the molecule is O=C(O)COc1cccc(CN2CC[C@@H](Nc3cccc4cnccc34)C2)c1. The highest BCUT2D eigenvalue weighted by Crippen LogP contribution is 2.25. The number of hydrogen-bond acceptors (Lipinski definition) is 5. The largest absolute Gasteiger partial charge is 0.482 e. The molecule has 0 spiro atoms. The minimum absolute atomic E-state index is 0.320. The monoisotopic (exact) mass is 377 g/mol. The van der Waals surface area contributed by atoms with E-state index in [4.69, 9.17) is 9.84 Å². The lowest BCUT2D eigenvalue weighted by Crippen LogP contribution is -2.26. The molecule has 0 saturated carbocycles. The molecule has 6 nitrogen and oxygen atoms in total. The van der Waals surface area contributed by atoms with Crippen molar-refractivity contribution < 1.29 is 14.6 Å². The third-order valence-electron chi connectivity index (χ3n) is 4.98. The molecule has 4 rings (SSSR count). The number of aliphatic carboxylic acids is 1. The van der Waals surface area contributed by atoms with Gasteiger partial charge in [-0.1, -0.05) is 24.3 Å². The van der Waals surface area contributed by atoms with Gasteiger partial charge in [-0.15, -0.1) is 0 Å². The number of anilines is 1. The van der Waals surface area contributed by atoms with Crippen LogP contribution in [0.5, 0.6) is 5.75 Å².